The first-order valence-corrected chi connectivity index (χ1v) is 9.62. The number of benzene rings is 1. The number of amides is 1. The van der Waals surface area contributed by atoms with Gasteiger partial charge in [0.25, 0.3) is 0 Å². The van der Waals surface area contributed by atoms with Crippen LogP contribution in [-0.2, 0) is 11.2 Å². The Labute approximate surface area is 161 Å². The van der Waals surface area contributed by atoms with E-state index in [4.69, 9.17) is 0 Å². The number of hydrogen-bond donors (Lipinski definition) is 1. The molecule has 1 fully saturated rings. The van der Waals surface area contributed by atoms with Crippen LogP contribution in [0, 0.1) is 5.92 Å². The van der Waals surface area contributed by atoms with E-state index in [2.05, 4.69) is 63.4 Å². The van der Waals surface area contributed by atoms with E-state index in [1.807, 2.05) is 6.07 Å². The van der Waals surface area contributed by atoms with Crippen LogP contribution in [0.2, 0.25) is 0 Å². The highest BCUT2D eigenvalue weighted by atomic mass is 16.1. The van der Waals surface area contributed by atoms with Gasteiger partial charge in [-0.2, -0.15) is 0 Å². The van der Waals surface area contributed by atoms with E-state index >= 15 is 0 Å². The van der Waals surface area contributed by atoms with Crippen molar-refractivity contribution in [3.63, 3.8) is 0 Å². The molecule has 1 aromatic carbocycles. The molecule has 0 radical (unpaired) electrons. The third-order valence-electron chi connectivity index (χ3n) is 5.30. The lowest BCUT2D eigenvalue weighted by Crippen LogP contribution is -2.45. The third kappa shape index (κ3) is 5.50. The van der Waals surface area contributed by atoms with Gasteiger partial charge in [-0.05, 0) is 38.9 Å². The summed E-state index contributed by atoms with van der Waals surface area (Å²) in [5, 5.41) is 3.18. The van der Waals surface area contributed by atoms with Crippen LogP contribution >= 0.6 is 0 Å². The maximum absolute atomic E-state index is 12.6. The molecule has 2 heterocycles. The molecular formula is C21H29N5O. The Balaban J connectivity index is 1.47. The monoisotopic (exact) mass is 367 g/mol. The van der Waals surface area contributed by atoms with E-state index in [-0.39, 0.29) is 17.9 Å². The van der Waals surface area contributed by atoms with Crippen LogP contribution in [0.3, 0.4) is 0 Å². The average Bonchev–Trinajstić information content (AvgIpc) is 2.72. The largest absolute Gasteiger partial charge is 0.355 e. The Kier molecular flexibility index (Phi) is 6.76. The molecule has 1 aliphatic heterocycles. The van der Waals surface area contributed by atoms with Crippen molar-refractivity contribution in [3.8, 4) is 0 Å². The first kappa shape index (κ1) is 19.3. The Bertz CT molecular complexity index is 699. The van der Waals surface area contributed by atoms with E-state index in [1.165, 1.54) is 5.56 Å². The topological polar surface area (TPSA) is 61.4 Å². The van der Waals surface area contributed by atoms with Gasteiger partial charge in [0.1, 0.15) is 5.82 Å². The van der Waals surface area contributed by atoms with E-state index in [9.17, 15) is 4.79 Å². The van der Waals surface area contributed by atoms with Gasteiger partial charge in [-0.25, -0.2) is 4.98 Å². The van der Waals surface area contributed by atoms with Gasteiger partial charge >= 0.3 is 0 Å². The molecule has 2 aromatic rings. The second kappa shape index (κ2) is 9.46. The van der Waals surface area contributed by atoms with Crippen molar-refractivity contribution in [2.24, 2.45) is 5.92 Å². The minimum atomic E-state index is 0.0810. The molecule has 1 atom stereocenters. The molecule has 1 aliphatic rings. The molecule has 144 valence electrons. The number of nitrogens with zero attached hydrogens (tertiary/aromatic N) is 4. The predicted molar refractivity (Wildman–Crippen MR) is 108 cm³/mol. The lowest BCUT2D eigenvalue weighted by atomic mass is 9.95. The number of rotatable bonds is 7. The zero-order valence-electron chi connectivity index (χ0n) is 16.2. The molecular weight excluding hydrogens is 338 g/mol. The first-order valence-electron chi connectivity index (χ1n) is 9.62. The van der Waals surface area contributed by atoms with Crippen molar-refractivity contribution in [2.45, 2.75) is 25.3 Å². The van der Waals surface area contributed by atoms with E-state index in [0.29, 0.717) is 6.54 Å². The van der Waals surface area contributed by atoms with Gasteiger partial charge < -0.3 is 15.1 Å². The Morgan fingerprint density at radius 2 is 1.96 bits per heavy atom. The molecule has 1 unspecified atom stereocenters. The SMILES string of the molecule is CN(C)C(CNC(=O)C1CCN(c2cnccn2)CC1)Cc1ccccc1. The first-order chi connectivity index (χ1) is 13.1. The van der Waals surface area contributed by atoms with Crippen molar-refractivity contribution in [3.05, 3.63) is 54.5 Å². The maximum atomic E-state index is 12.6. The molecule has 3 rings (SSSR count). The smallest absolute Gasteiger partial charge is 0.223 e. The summed E-state index contributed by atoms with van der Waals surface area (Å²) in [5.41, 5.74) is 1.29. The van der Waals surface area contributed by atoms with E-state index < -0.39 is 0 Å². The van der Waals surface area contributed by atoms with Crippen molar-refractivity contribution in [1.82, 2.24) is 20.2 Å². The number of piperidine rings is 1. The summed E-state index contributed by atoms with van der Waals surface area (Å²) < 4.78 is 0. The molecule has 0 spiro atoms. The molecule has 0 saturated carbocycles. The standard InChI is InChI=1S/C21H29N5O/c1-25(2)19(14-17-6-4-3-5-7-17)15-24-21(27)18-8-12-26(13-9-18)20-16-22-10-11-23-20/h3-7,10-11,16,18-19H,8-9,12-15H2,1-2H3,(H,24,27). The quantitative estimate of drug-likeness (QED) is 0.811. The molecule has 6 heteroatoms. The molecule has 1 saturated heterocycles. The van der Waals surface area contributed by atoms with Gasteiger partial charge in [0, 0.05) is 44.0 Å². The molecule has 0 aliphatic carbocycles. The predicted octanol–water partition coefficient (Wildman–Crippen LogP) is 1.98. The van der Waals surface area contributed by atoms with Crippen molar-refractivity contribution < 1.29 is 4.79 Å². The molecule has 1 amide bonds. The zero-order chi connectivity index (χ0) is 19.1. The highest BCUT2D eigenvalue weighted by molar-refractivity contribution is 5.79. The van der Waals surface area contributed by atoms with Crippen LogP contribution in [0.5, 0.6) is 0 Å². The van der Waals surface area contributed by atoms with Crippen molar-refractivity contribution in [2.75, 3.05) is 38.6 Å². The average molecular weight is 367 g/mol. The molecule has 27 heavy (non-hydrogen) atoms. The van der Waals surface area contributed by atoms with Gasteiger partial charge in [-0.3, -0.25) is 9.78 Å². The van der Waals surface area contributed by atoms with E-state index in [1.54, 1.807) is 18.6 Å². The third-order valence-corrected chi connectivity index (χ3v) is 5.30. The fraction of sp³-hybridized carbons (Fsp3) is 0.476. The van der Waals surface area contributed by atoms with Crippen LogP contribution in [0.1, 0.15) is 18.4 Å². The lowest BCUT2D eigenvalue weighted by molar-refractivity contribution is -0.125. The minimum absolute atomic E-state index is 0.0810. The molecule has 1 N–H and O–H groups in total. The highest BCUT2D eigenvalue weighted by Crippen LogP contribution is 2.21. The summed E-state index contributed by atoms with van der Waals surface area (Å²) in [4.78, 5) is 25.5. The number of carbonyl (C=O) groups excluding carboxylic acids is 1. The molecule has 1 aromatic heterocycles. The second-order valence-corrected chi connectivity index (χ2v) is 7.38. The maximum Gasteiger partial charge on any atom is 0.223 e. The Hall–Kier alpha value is -2.47. The number of nitrogens with one attached hydrogen (secondary N) is 1. The highest BCUT2D eigenvalue weighted by Gasteiger charge is 2.26. The van der Waals surface area contributed by atoms with E-state index in [0.717, 1.165) is 38.2 Å². The van der Waals surface area contributed by atoms with Gasteiger partial charge in [0.05, 0.1) is 6.20 Å². The van der Waals surface area contributed by atoms with Gasteiger partial charge in [0.15, 0.2) is 0 Å². The van der Waals surface area contributed by atoms with Gasteiger partial charge in [0.2, 0.25) is 5.91 Å². The fourth-order valence-electron chi connectivity index (χ4n) is 3.51. The number of carbonyl (C=O) groups is 1. The van der Waals surface area contributed by atoms with Crippen LogP contribution in [0.4, 0.5) is 5.82 Å². The number of likely N-dealkylation sites (N-methyl/N-ethyl adjacent to an activating group) is 1. The number of hydrogen-bond acceptors (Lipinski definition) is 5. The van der Waals surface area contributed by atoms with Gasteiger partial charge in [-0.1, -0.05) is 30.3 Å². The van der Waals surface area contributed by atoms with Gasteiger partial charge in [-0.15, -0.1) is 0 Å². The summed E-state index contributed by atoms with van der Waals surface area (Å²) >= 11 is 0. The number of aromatic nitrogens is 2. The van der Waals surface area contributed by atoms with Crippen LogP contribution in [0.15, 0.2) is 48.9 Å². The minimum Gasteiger partial charge on any atom is -0.355 e. The zero-order valence-corrected chi connectivity index (χ0v) is 16.2. The Morgan fingerprint density at radius 3 is 2.59 bits per heavy atom. The molecule has 0 bridgehead atoms. The van der Waals surface area contributed by atoms with Crippen molar-refractivity contribution in [1.29, 1.82) is 0 Å². The van der Waals surface area contributed by atoms with Crippen LogP contribution in [-0.4, -0.2) is 60.5 Å². The molecule has 6 nitrogen and oxygen atoms in total. The van der Waals surface area contributed by atoms with Crippen LogP contribution in [0.25, 0.3) is 0 Å². The van der Waals surface area contributed by atoms with Crippen LogP contribution < -0.4 is 10.2 Å². The summed E-state index contributed by atoms with van der Waals surface area (Å²) in [6.45, 7) is 2.36. The lowest BCUT2D eigenvalue weighted by Gasteiger charge is -2.32. The number of anilines is 1. The second-order valence-electron chi connectivity index (χ2n) is 7.38. The summed E-state index contributed by atoms with van der Waals surface area (Å²) in [6.07, 6.45) is 7.81. The summed E-state index contributed by atoms with van der Waals surface area (Å²) in [7, 11) is 4.14. The fourth-order valence-corrected chi connectivity index (χ4v) is 3.51. The summed E-state index contributed by atoms with van der Waals surface area (Å²) in [5.74, 6) is 1.15. The van der Waals surface area contributed by atoms with Crippen molar-refractivity contribution >= 4 is 11.7 Å². The summed E-state index contributed by atoms with van der Waals surface area (Å²) in [6, 6.07) is 10.7. The Morgan fingerprint density at radius 1 is 1.22 bits per heavy atom. The normalized spacial score (nSPS) is 16.3.